The van der Waals surface area contributed by atoms with Crippen molar-refractivity contribution in [2.45, 2.75) is 83.1 Å². The number of benzene rings is 1. The van der Waals surface area contributed by atoms with Crippen LogP contribution in [-0.2, 0) is 16.1 Å². The Labute approximate surface area is 193 Å². The van der Waals surface area contributed by atoms with E-state index in [4.69, 9.17) is 0 Å². The van der Waals surface area contributed by atoms with E-state index in [1.54, 1.807) is 16.7 Å². The molecule has 3 aliphatic rings. The van der Waals surface area contributed by atoms with E-state index in [0.29, 0.717) is 25.0 Å². The van der Waals surface area contributed by atoms with Gasteiger partial charge in [-0.3, -0.25) is 14.5 Å². The Morgan fingerprint density at radius 2 is 1.76 bits per heavy atom. The van der Waals surface area contributed by atoms with Crippen molar-refractivity contribution in [3.05, 3.63) is 29.8 Å². The molecular weight excluding hydrogens is 431 g/mol. The van der Waals surface area contributed by atoms with E-state index >= 15 is 0 Å². The number of hydrogen-bond donors (Lipinski definition) is 0. The standard InChI is InChI=1S/C25H34F3N3O2/c1-18(32)30-14-12-21-6-4-7-22(31(21)15-19-9-10-19)17-29(24(33)11-13-25(26,27)28)16-20-5-2-3-8-23(20)30/h2-3,5,8,19,21-22H,4,6-7,9-17H2,1H3. The molecule has 182 valence electrons. The molecule has 1 aliphatic carbocycles. The molecule has 1 aromatic rings. The molecule has 0 N–H and O–H groups in total. The molecule has 2 amide bonds. The first kappa shape index (κ1) is 24.0. The first-order valence-corrected chi connectivity index (χ1v) is 12.2. The number of carbonyl (C=O) groups excluding carboxylic acids is 2. The number of para-hydroxylation sites is 1. The Morgan fingerprint density at radius 3 is 2.45 bits per heavy atom. The van der Waals surface area contributed by atoms with Gasteiger partial charge in [0.2, 0.25) is 11.8 Å². The SMILES string of the molecule is CC(=O)N1CCC2CCCC(CN(C(=O)CCC(F)(F)F)Cc3ccccc31)N2CC1CC1. The number of piperidine rings is 1. The third-order valence-electron chi connectivity index (χ3n) is 7.29. The molecule has 1 saturated heterocycles. The molecule has 2 unspecified atom stereocenters. The minimum atomic E-state index is -4.36. The number of rotatable bonds is 4. The number of alkyl halides is 3. The topological polar surface area (TPSA) is 43.9 Å². The number of hydrogen-bond acceptors (Lipinski definition) is 3. The first-order valence-electron chi connectivity index (χ1n) is 12.2. The van der Waals surface area contributed by atoms with Crippen molar-refractivity contribution in [1.29, 1.82) is 0 Å². The summed E-state index contributed by atoms with van der Waals surface area (Å²) in [5, 5.41) is 0. The lowest BCUT2D eigenvalue weighted by Gasteiger charge is -2.44. The molecule has 2 heterocycles. The van der Waals surface area contributed by atoms with Crippen molar-refractivity contribution < 1.29 is 22.8 Å². The van der Waals surface area contributed by atoms with Gasteiger partial charge in [-0.1, -0.05) is 24.6 Å². The van der Waals surface area contributed by atoms with Crippen LogP contribution < -0.4 is 4.90 Å². The molecule has 2 bridgehead atoms. The molecule has 2 fully saturated rings. The molecule has 0 spiro atoms. The molecule has 5 nitrogen and oxygen atoms in total. The van der Waals surface area contributed by atoms with E-state index in [1.165, 1.54) is 12.8 Å². The predicted octanol–water partition coefficient (Wildman–Crippen LogP) is 4.75. The third-order valence-corrected chi connectivity index (χ3v) is 7.29. The van der Waals surface area contributed by atoms with E-state index in [9.17, 15) is 22.8 Å². The highest BCUT2D eigenvalue weighted by Crippen LogP contribution is 2.36. The van der Waals surface area contributed by atoms with Gasteiger partial charge < -0.3 is 9.80 Å². The Hall–Kier alpha value is -2.09. The summed E-state index contributed by atoms with van der Waals surface area (Å²) >= 11 is 0. The molecule has 4 rings (SSSR count). The van der Waals surface area contributed by atoms with Gasteiger partial charge in [0.15, 0.2) is 0 Å². The molecule has 2 aliphatic heterocycles. The molecule has 8 heteroatoms. The van der Waals surface area contributed by atoms with E-state index in [0.717, 1.165) is 43.5 Å². The maximum atomic E-state index is 13.0. The van der Waals surface area contributed by atoms with Gasteiger partial charge in [0.05, 0.1) is 6.42 Å². The van der Waals surface area contributed by atoms with E-state index in [2.05, 4.69) is 4.90 Å². The highest BCUT2D eigenvalue weighted by Gasteiger charge is 2.38. The summed E-state index contributed by atoms with van der Waals surface area (Å²) in [5.74, 6) is 0.149. The van der Waals surface area contributed by atoms with Crippen LogP contribution in [0.5, 0.6) is 0 Å². The largest absolute Gasteiger partial charge is 0.389 e. The molecule has 33 heavy (non-hydrogen) atoms. The first-order chi connectivity index (χ1) is 15.7. The zero-order valence-corrected chi connectivity index (χ0v) is 19.3. The lowest BCUT2D eigenvalue weighted by molar-refractivity contribution is -0.150. The number of carbonyl (C=O) groups is 2. The van der Waals surface area contributed by atoms with Crippen LogP contribution in [-0.4, -0.2) is 59.5 Å². The van der Waals surface area contributed by atoms with Crippen LogP contribution in [0.15, 0.2) is 24.3 Å². The molecule has 1 saturated carbocycles. The van der Waals surface area contributed by atoms with Gasteiger partial charge in [-0.25, -0.2) is 0 Å². The maximum absolute atomic E-state index is 13.0. The Balaban J connectivity index is 1.67. The number of anilines is 1. The van der Waals surface area contributed by atoms with Crippen LogP contribution in [0.4, 0.5) is 18.9 Å². The summed E-state index contributed by atoms with van der Waals surface area (Å²) in [7, 11) is 0. The maximum Gasteiger partial charge on any atom is 0.389 e. The average molecular weight is 466 g/mol. The minimum Gasteiger partial charge on any atom is -0.337 e. The molecular formula is C25H34F3N3O2. The molecule has 2 atom stereocenters. The molecule has 0 aromatic heterocycles. The Morgan fingerprint density at radius 1 is 1.03 bits per heavy atom. The smallest absolute Gasteiger partial charge is 0.337 e. The van der Waals surface area contributed by atoms with Gasteiger partial charge in [-0.2, -0.15) is 13.2 Å². The molecule has 1 aromatic carbocycles. The van der Waals surface area contributed by atoms with Gasteiger partial charge >= 0.3 is 6.18 Å². The summed E-state index contributed by atoms with van der Waals surface area (Å²) in [5.41, 5.74) is 1.56. The Kier molecular flexibility index (Phi) is 7.31. The summed E-state index contributed by atoms with van der Waals surface area (Å²) in [4.78, 5) is 31.5. The van der Waals surface area contributed by atoms with Crippen LogP contribution >= 0.6 is 0 Å². The van der Waals surface area contributed by atoms with Gasteiger partial charge in [0.25, 0.3) is 0 Å². The van der Waals surface area contributed by atoms with Gasteiger partial charge in [-0.15, -0.1) is 0 Å². The van der Waals surface area contributed by atoms with Gasteiger partial charge in [-0.05, 0) is 49.7 Å². The average Bonchev–Trinajstić information content (AvgIpc) is 3.57. The second-order valence-corrected chi connectivity index (χ2v) is 9.86. The van der Waals surface area contributed by atoms with Crippen LogP contribution in [0, 0.1) is 5.92 Å². The van der Waals surface area contributed by atoms with Crippen molar-refractivity contribution in [2.75, 3.05) is 24.5 Å². The quantitative estimate of drug-likeness (QED) is 0.645. The van der Waals surface area contributed by atoms with Gasteiger partial charge in [0, 0.05) is 57.3 Å². The fourth-order valence-corrected chi connectivity index (χ4v) is 5.38. The fourth-order valence-electron chi connectivity index (χ4n) is 5.38. The minimum absolute atomic E-state index is 0.0576. The number of amides is 2. The van der Waals surface area contributed by atoms with Crippen molar-refractivity contribution in [1.82, 2.24) is 9.80 Å². The third kappa shape index (κ3) is 6.28. The fraction of sp³-hybridized carbons (Fsp3) is 0.680. The highest BCUT2D eigenvalue weighted by atomic mass is 19.4. The number of nitrogens with zero attached hydrogens (tertiary/aromatic N) is 3. The summed E-state index contributed by atoms with van der Waals surface area (Å²) in [6, 6.07) is 7.94. The van der Waals surface area contributed by atoms with Crippen molar-refractivity contribution >= 4 is 17.5 Å². The van der Waals surface area contributed by atoms with Crippen molar-refractivity contribution in [3.63, 3.8) is 0 Å². The number of fused-ring (bicyclic) bond motifs is 3. The van der Waals surface area contributed by atoms with Crippen LogP contribution in [0.2, 0.25) is 0 Å². The zero-order valence-electron chi connectivity index (χ0n) is 19.3. The van der Waals surface area contributed by atoms with Crippen LogP contribution in [0.1, 0.15) is 63.9 Å². The second-order valence-electron chi connectivity index (χ2n) is 9.86. The monoisotopic (exact) mass is 465 g/mol. The summed E-state index contributed by atoms with van der Waals surface area (Å²) < 4.78 is 38.6. The van der Waals surface area contributed by atoms with Crippen LogP contribution in [0.3, 0.4) is 0 Å². The predicted molar refractivity (Wildman–Crippen MR) is 121 cm³/mol. The van der Waals surface area contributed by atoms with E-state index in [-0.39, 0.29) is 18.5 Å². The summed E-state index contributed by atoms with van der Waals surface area (Å²) in [6.07, 6.45) is 0.325. The molecule has 0 radical (unpaired) electrons. The van der Waals surface area contributed by atoms with E-state index < -0.39 is 24.9 Å². The normalized spacial score (nSPS) is 24.7. The highest BCUT2D eigenvalue weighted by molar-refractivity contribution is 5.92. The van der Waals surface area contributed by atoms with Gasteiger partial charge in [0.1, 0.15) is 0 Å². The Bertz CT molecular complexity index is 856. The van der Waals surface area contributed by atoms with Crippen LogP contribution in [0.25, 0.3) is 0 Å². The summed E-state index contributed by atoms with van der Waals surface area (Å²) in [6.45, 7) is 3.79. The lowest BCUT2D eigenvalue weighted by Crippen LogP contribution is -2.53. The van der Waals surface area contributed by atoms with Crippen molar-refractivity contribution in [2.24, 2.45) is 5.92 Å². The van der Waals surface area contributed by atoms with Crippen molar-refractivity contribution in [3.8, 4) is 0 Å². The lowest BCUT2D eigenvalue weighted by atomic mass is 9.92. The van der Waals surface area contributed by atoms with E-state index in [1.807, 2.05) is 24.3 Å². The second kappa shape index (κ2) is 10.0. The zero-order chi connectivity index (χ0) is 23.6. The number of halogens is 3.